The Morgan fingerprint density at radius 3 is 2.20 bits per heavy atom. The monoisotopic (exact) mass is 490 g/mol. The topological polar surface area (TPSA) is 9.23 Å². The molecule has 7 heteroatoms. The molecule has 184 valence electrons. The van der Waals surface area contributed by atoms with Gasteiger partial charge in [0.1, 0.15) is 5.82 Å². The van der Waals surface area contributed by atoms with Crippen LogP contribution in [0, 0.1) is 35.2 Å². The second kappa shape index (κ2) is 10.2. The highest BCUT2D eigenvalue weighted by molar-refractivity contribution is 5.85. The molecule has 0 aromatic heterocycles. The fraction of sp³-hybridized carbons (Fsp3) is 0.357. The van der Waals surface area contributed by atoms with Crippen LogP contribution in [0.4, 0.5) is 26.3 Å². The number of ether oxygens (including phenoxy) is 1. The molecule has 0 heterocycles. The minimum absolute atomic E-state index is 0.0481. The molecular weight excluding hydrogens is 466 g/mol. The van der Waals surface area contributed by atoms with E-state index in [4.69, 9.17) is 0 Å². The van der Waals surface area contributed by atoms with Crippen LogP contribution >= 0.6 is 0 Å². The van der Waals surface area contributed by atoms with Gasteiger partial charge in [0.25, 0.3) is 0 Å². The first-order valence-electron chi connectivity index (χ1n) is 11.6. The zero-order valence-electron chi connectivity index (χ0n) is 19.1. The van der Waals surface area contributed by atoms with Crippen molar-refractivity contribution in [2.24, 2.45) is 5.92 Å². The van der Waals surface area contributed by atoms with E-state index < -0.39 is 36.0 Å². The lowest BCUT2D eigenvalue weighted by Gasteiger charge is -2.28. The molecule has 1 nitrogen and oxygen atoms in total. The number of halogens is 6. The van der Waals surface area contributed by atoms with Crippen molar-refractivity contribution in [1.29, 1.82) is 0 Å². The lowest BCUT2D eigenvalue weighted by atomic mass is 9.77. The highest BCUT2D eigenvalue weighted by Crippen LogP contribution is 2.38. The van der Waals surface area contributed by atoms with Crippen LogP contribution in [0.5, 0.6) is 5.75 Å². The van der Waals surface area contributed by atoms with Gasteiger partial charge in [-0.05, 0) is 66.7 Å². The van der Waals surface area contributed by atoms with Gasteiger partial charge in [-0.1, -0.05) is 49.5 Å². The summed E-state index contributed by atoms with van der Waals surface area (Å²) in [5.41, 5.74) is 1.09. The van der Waals surface area contributed by atoms with Crippen LogP contribution in [-0.4, -0.2) is 12.8 Å². The number of rotatable bonds is 4. The van der Waals surface area contributed by atoms with Crippen LogP contribution < -0.4 is 4.74 Å². The first-order chi connectivity index (χ1) is 16.6. The Kier molecular flexibility index (Phi) is 7.30. The molecule has 1 aliphatic rings. The lowest BCUT2D eigenvalue weighted by molar-refractivity contribution is -0.154. The fourth-order valence-electron chi connectivity index (χ4n) is 4.63. The van der Waals surface area contributed by atoms with E-state index in [1.54, 1.807) is 12.1 Å². The minimum atomic E-state index is -4.74. The summed E-state index contributed by atoms with van der Waals surface area (Å²) in [6, 6.07) is 10.5. The number of fused-ring (bicyclic) bond motifs is 1. The van der Waals surface area contributed by atoms with Crippen LogP contribution in [0.3, 0.4) is 0 Å². The first-order valence-corrected chi connectivity index (χ1v) is 11.6. The van der Waals surface area contributed by atoms with Crippen molar-refractivity contribution in [1.82, 2.24) is 0 Å². The molecule has 0 radical (unpaired) electrons. The maximum Gasteiger partial charge on any atom is 0.422 e. The standard InChI is InChI=1S/C28H24F6O/c1-2-17-3-6-19(7-4-17)21-11-12-23-22(15-21)10-9-20(26(23)31)8-5-18-13-24(29)27(25(30)14-18)35-16-28(32,33)34/h9-15,17,19H,2-4,6-7,16H2,1H3. The highest BCUT2D eigenvalue weighted by Gasteiger charge is 2.30. The van der Waals surface area contributed by atoms with Crippen LogP contribution in [0.2, 0.25) is 0 Å². The SMILES string of the molecule is CCC1CCC(c2ccc3c(F)c(C#Cc4cc(F)c(OCC(F)(F)F)c(F)c4)ccc3c2)CC1. The number of hydrogen-bond acceptors (Lipinski definition) is 1. The third-order valence-corrected chi connectivity index (χ3v) is 6.59. The third-order valence-electron chi connectivity index (χ3n) is 6.59. The van der Waals surface area contributed by atoms with Gasteiger partial charge in [0.2, 0.25) is 0 Å². The van der Waals surface area contributed by atoms with Gasteiger partial charge >= 0.3 is 6.18 Å². The van der Waals surface area contributed by atoms with E-state index in [0.717, 1.165) is 36.3 Å². The molecule has 35 heavy (non-hydrogen) atoms. The number of alkyl halides is 3. The van der Waals surface area contributed by atoms with Crippen molar-refractivity contribution < 1.29 is 31.1 Å². The summed E-state index contributed by atoms with van der Waals surface area (Å²) in [5, 5.41) is 1.16. The lowest BCUT2D eigenvalue weighted by Crippen LogP contribution is -2.20. The Hall–Kier alpha value is -3.14. The van der Waals surface area contributed by atoms with Gasteiger partial charge in [0.05, 0.1) is 5.56 Å². The van der Waals surface area contributed by atoms with E-state index in [9.17, 15) is 22.0 Å². The second-order valence-electron chi connectivity index (χ2n) is 8.96. The zero-order chi connectivity index (χ0) is 25.2. The van der Waals surface area contributed by atoms with Crippen molar-refractivity contribution in [3.05, 3.63) is 76.6 Å². The molecule has 0 unspecified atom stereocenters. The molecule has 3 aromatic rings. The quantitative estimate of drug-likeness (QED) is 0.264. The summed E-state index contributed by atoms with van der Waals surface area (Å²) >= 11 is 0. The molecule has 4 rings (SSSR count). The molecule has 1 fully saturated rings. The normalized spacial score (nSPS) is 18.3. The Morgan fingerprint density at radius 1 is 0.886 bits per heavy atom. The van der Waals surface area contributed by atoms with E-state index in [-0.39, 0.29) is 11.1 Å². The Balaban J connectivity index is 1.55. The minimum Gasteiger partial charge on any atom is -0.478 e. The molecule has 0 atom stereocenters. The number of benzene rings is 3. The Labute approximate surface area is 200 Å². The third kappa shape index (κ3) is 5.93. The van der Waals surface area contributed by atoms with Gasteiger partial charge in [0.15, 0.2) is 24.0 Å². The molecule has 0 aliphatic heterocycles. The summed E-state index contributed by atoms with van der Waals surface area (Å²) in [5.74, 6) is 1.97. The van der Waals surface area contributed by atoms with Gasteiger partial charge in [-0.2, -0.15) is 13.2 Å². The molecular formula is C28H24F6O. The molecule has 0 N–H and O–H groups in total. The van der Waals surface area contributed by atoms with Crippen molar-refractivity contribution >= 4 is 10.8 Å². The molecule has 0 spiro atoms. The maximum atomic E-state index is 15.1. The van der Waals surface area contributed by atoms with Crippen LogP contribution in [0.1, 0.15) is 61.6 Å². The summed E-state index contributed by atoms with van der Waals surface area (Å²) < 4.78 is 84.2. The fourth-order valence-corrected chi connectivity index (χ4v) is 4.63. The summed E-state index contributed by atoms with van der Waals surface area (Å²) in [6.07, 6.45) is 1.14. The van der Waals surface area contributed by atoms with Gasteiger partial charge < -0.3 is 4.74 Å². The van der Waals surface area contributed by atoms with E-state index in [2.05, 4.69) is 23.5 Å². The summed E-state index contributed by atoms with van der Waals surface area (Å²) in [6.45, 7) is 0.398. The van der Waals surface area contributed by atoms with Crippen molar-refractivity contribution in [2.45, 2.75) is 51.1 Å². The maximum absolute atomic E-state index is 15.1. The van der Waals surface area contributed by atoms with Crippen LogP contribution in [-0.2, 0) is 0 Å². The van der Waals surface area contributed by atoms with E-state index >= 15 is 4.39 Å². The molecule has 0 amide bonds. The van der Waals surface area contributed by atoms with Crippen LogP contribution in [0.25, 0.3) is 10.8 Å². The number of hydrogen-bond donors (Lipinski definition) is 0. The largest absolute Gasteiger partial charge is 0.478 e. The Bertz CT molecular complexity index is 1250. The molecule has 0 bridgehead atoms. The van der Waals surface area contributed by atoms with Gasteiger partial charge in [0, 0.05) is 10.9 Å². The predicted molar refractivity (Wildman–Crippen MR) is 123 cm³/mol. The smallest absolute Gasteiger partial charge is 0.422 e. The molecule has 1 saturated carbocycles. The predicted octanol–water partition coefficient (Wildman–Crippen LogP) is 8.28. The van der Waals surface area contributed by atoms with Crippen molar-refractivity contribution in [2.75, 3.05) is 6.61 Å². The molecule has 0 saturated heterocycles. The first kappa shape index (κ1) is 25.0. The van der Waals surface area contributed by atoms with Gasteiger partial charge in [-0.15, -0.1) is 0 Å². The van der Waals surface area contributed by atoms with Crippen LogP contribution in [0.15, 0.2) is 42.5 Å². The highest BCUT2D eigenvalue weighted by atomic mass is 19.4. The average Bonchev–Trinajstić information content (AvgIpc) is 2.82. The molecule has 1 aliphatic carbocycles. The Morgan fingerprint density at radius 2 is 1.57 bits per heavy atom. The average molecular weight is 490 g/mol. The van der Waals surface area contributed by atoms with E-state index in [0.29, 0.717) is 11.3 Å². The van der Waals surface area contributed by atoms with Crippen molar-refractivity contribution in [3.63, 3.8) is 0 Å². The van der Waals surface area contributed by atoms with E-state index in [1.807, 2.05) is 12.1 Å². The zero-order valence-corrected chi connectivity index (χ0v) is 19.1. The van der Waals surface area contributed by atoms with E-state index in [1.165, 1.54) is 30.9 Å². The summed E-state index contributed by atoms with van der Waals surface area (Å²) in [4.78, 5) is 0. The van der Waals surface area contributed by atoms with Crippen molar-refractivity contribution in [3.8, 4) is 17.6 Å². The second-order valence-corrected chi connectivity index (χ2v) is 8.96. The summed E-state index contributed by atoms with van der Waals surface area (Å²) in [7, 11) is 0. The molecule has 3 aromatic carbocycles. The van der Waals surface area contributed by atoms with Gasteiger partial charge in [-0.25, -0.2) is 13.2 Å². The van der Waals surface area contributed by atoms with Gasteiger partial charge in [-0.3, -0.25) is 0 Å².